The number of aromatic amines is 1. The van der Waals surface area contributed by atoms with E-state index in [1.165, 1.54) is 0 Å². The van der Waals surface area contributed by atoms with E-state index in [0.717, 1.165) is 22.4 Å². The summed E-state index contributed by atoms with van der Waals surface area (Å²) < 4.78 is 27.6. The van der Waals surface area contributed by atoms with Gasteiger partial charge in [0.05, 0.1) is 24.6 Å². The summed E-state index contributed by atoms with van der Waals surface area (Å²) in [5.74, 6) is 0.619. The normalized spacial score (nSPS) is 11.9. The molecule has 0 aliphatic heterocycles. The molecule has 4 aromatic rings. The van der Waals surface area contributed by atoms with E-state index in [0.29, 0.717) is 35.0 Å². The molecule has 5 N–H and O–H groups in total. The van der Waals surface area contributed by atoms with E-state index in [9.17, 15) is 0 Å². The average Bonchev–Trinajstić information content (AvgIpc) is 3.36. The molecule has 0 aliphatic carbocycles. The Bertz CT molecular complexity index is 1430. The summed E-state index contributed by atoms with van der Waals surface area (Å²) in [7, 11) is 0. The smallest absolute Gasteiger partial charge is 0.171 e. The van der Waals surface area contributed by atoms with Gasteiger partial charge in [0.25, 0.3) is 0 Å². The standard InChI is InChI=1S/C30H34FN5O2/c1-6-37-22-14-24(27(31)26(15-22)38-17(2)3)28(35-21-11-9-20(10-12-21)29(32)33)30-34-16-25(36-30)23-13-18(4)7-8-19(23)5/h7-17,28,35H,6H2,1-5H3,(H3,32,33)(H,34,36). The van der Waals surface area contributed by atoms with E-state index >= 15 is 4.39 Å². The van der Waals surface area contributed by atoms with E-state index in [-0.39, 0.29) is 17.7 Å². The lowest BCUT2D eigenvalue weighted by molar-refractivity contribution is 0.228. The molecule has 0 spiro atoms. The van der Waals surface area contributed by atoms with Crippen LogP contribution in [0.5, 0.6) is 11.5 Å². The van der Waals surface area contributed by atoms with E-state index in [1.807, 2.05) is 34.6 Å². The maximum atomic E-state index is 16.0. The molecule has 1 heterocycles. The number of benzene rings is 3. The third-order valence-electron chi connectivity index (χ3n) is 6.08. The van der Waals surface area contributed by atoms with Crippen molar-refractivity contribution in [2.24, 2.45) is 5.73 Å². The number of amidine groups is 1. The van der Waals surface area contributed by atoms with Crippen molar-refractivity contribution in [1.29, 1.82) is 5.41 Å². The number of hydrogen-bond donors (Lipinski definition) is 4. The Kier molecular flexibility index (Phi) is 8.00. The summed E-state index contributed by atoms with van der Waals surface area (Å²) in [4.78, 5) is 8.08. The molecule has 0 aliphatic rings. The zero-order valence-electron chi connectivity index (χ0n) is 22.4. The van der Waals surface area contributed by atoms with Crippen LogP contribution in [0.15, 0.2) is 60.8 Å². The molecule has 0 fully saturated rings. The third kappa shape index (κ3) is 5.96. The zero-order chi connectivity index (χ0) is 27.4. The molecule has 1 unspecified atom stereocenters. The lowest BCUT2D eigenvalue weighted by Gasteiger charge is -2.22. The Morgan fingerprint density at radius 2 is 1.84 bits per heavy atom. The summed E-state index contributed by atoms with van der Waals surface area (Å²) >= 11 is 0. The Hall–Kier alpha value is -4.33. The Morgan fingerprint density at radius 3 is 2.50 bits per heavy atom. The molecular weight excluding hydrogens is 481 g/mol. The van der Waals surface area contributed by atoms with Gasteiger partial charge in [-0.15, -0.1) is 0 Å². The van der Waals surface area contributed by atoms with Gasteiger partial charge < -0.3 is 25.5 Å². The van der Waals surface area contributed by atoms with Crippen LogP contribution in [0.3, 0.4) is 0 Å². The molecule has 1 aromatic heterocycles. The topological polar surface area (TPSA) is 109 Å². The number of halogens is 1. The number of H-pyrrole nitrogens is 1. The molecule has 1 atom stereocenters. The van der Waals surface area contributed by atoms with E-state index in [2.05, 4.69) is 33.5 Å². The molecule has 8 heteroatoms. The first-order valence-corrected chi connectivity index (χ1v) is 12.6. The van der Waals surface area contributed by atoms with Crippen LogP contribution in [0.2, 0.25) is 0 Å². The van der Waals surface area contributed by atoms with Gasteiger partial charge in [0, 0.05) is 28.4 Å². The fourth-order valence-electron chi connectivity index (χ4n) is 4.25. The minimum Gasteiger partial charge on any atom is -0.494 e. The summed E-state index contributed by atoms with van der Waals surface area (Å²) in [6.07, 6.45) is 1.54. The molecule has 0 saturated heterocycles. The highest BCUT2D eigenvalue weighted by Gasteiger charge is 2.26. The average molecular weight is 516 g/mol. The third-order valence-corrected chi connectivity index (χ3v) is 6.08. The molecule has 0 bridgehead atoms. The maximum absolute atomic E-state index is 16.0. The summed E-state index contributed by atoms with van der Waals surface area (Å²) in [6.45, 7) is 10.1. The van der Waals surface area contributed by atoms with Crippen LogP contribution in [0.4, 0.5) is 10.1 Å². The van der Waals surface area contributed by atoms with Crippen molar-refractivity contribution in [1.82, 2.24) is 9.97 Å². The molecular formula is C30H34FN5O2. The predicted molar refractivity (Wildman–Crippen MR) is 150 cm³/mol. The maximum Gasteiger partial charge on any atom is 0.171 e. The molecule has 0 saturated carbocycles. The van der Waals surface area contributed by atoms with Crippen molar-refractivity contribution in [3.8, 4) is 22.8 Å². The number of aryl methyl sites for hydroxylation is 2. The van der Waals surface area contributed by atoms with Gasteiger partial charge in [0.15, 0.2) is 11.6 Å². The van der Waals surface area contributed by atoms with Gasteiger partial charge in [-0.1, -0.05) is 17.7 Å². The number of nitrogens with one attached hydrogen (secondary N) is 3. The fraction of sp³-hybridized carbons (Fsp3) is 0.267. The lowest BCUT2D eigenvalue weighted by atomic mass is 10.0. The minimum absolute atomic E-state index is 0.0248. The van der Waals surface area contributed by atoms with Gasteiger partial charge in [-0.2, -0.15) is 0 Å². The summed E-state index contributed by atoms with van der Waals surface area (Å²) in [5.41, 5.74) is 11.3. The van der Waals surface area contributed by atoms with Crippen LogP contribution >= 0.6 is 0 Å². The molecule has 0 radical (unpaired) electrons. The Balaban J connectivity index is 1.84. The second kappa shape index (κ2) is 11.4. The molecule has 7 nitrogen and oxygen atoms in total. The first-order chi connectivity index (χ1) is 18.2. The SMILES string of the molecule is CCOc1cc(OC(C)C)c(F)c(C(Nc2ccc(C(=N)N)cc2)c2ncc(-c3cc(C)ccc3C)[nH]2)c1. The number of hydrogen-bond acceptors (Lipinski definition) is 5. The van der Waals surface area contributed by atoms with Gasteiger partial charge in [-0.3, -0.25) is 5.41 Å². The highest BCUT2D eigenvalue weighted by molar-refractivity contribution is 5.95. The number of anilines is 1. The van der Waals surface area contributed by atoms with Crippen molar-refractivity contribution >= 4 is 11.5 Å². The first-order valence-electron chi connectivity index (χ1n) is 12.6. The number of ether oxygens (including phenoxy) is 2. The quantitative estimate of drug-likeness (QED) is 0.142. The number of imidazole rings is 1. The molecule has 0 amide bonds. The predicted octanol–water partition coefficient (Wildman–Crippen LogP) is 6.50. The van der Waals surface area contributed by atoms with Crippen molar-refractivity contribution in [2.45, 2.75) is 46.8 Å². The van der Waals surface area contributed by atoms with Crippen LogP contribution in [0.25, 0.3) is 11.3 Å². The van der Waals surface area contributed by atoms with Gasteiger partial charge in [-0.05, 0) is 76.6 Å². The largest absolute Gasteiger partial charge is 0.494 e. The number of rotatable bonds is 10. The second-order valence-electron chi connectivity index (χ2n) is 9.49. The summed E-state index contributed by atoms with van der Waals surface area (Å²) in [5, 5.41) is 11.1. The second-order valence-corrected chi connectivity index (χ2v) is 9.49. The number of nitrogen functional groups attached to an aromatic ring is 1. The lowest BCUT2D eigenvalue weighted by Crippen LogP contribution is -2.18. The number of nitrogens with zero attached hydrogens (tertiary/aromatic N) is 1. The van der Waals surface area contributed by atoms with Crippen LogP contribution in [0.1, 0.15) is 54.9 Å². The van der Waals surface area contributed by atoms with Crippen molar-refractivity contribution in [3.63, 3.8) is 0 Å². The molecule has 38 heavy (non-hydrogen) atoms. The Labute approximate surface area is 222 Å². The monoisotopic (exact) mass is 515 g/mol. The minimum atomic E-state index is -0.702. The first kappa shape index (κ1) is 26.7. The van der Waals surface area contributed by atoms with Gasteiger partial charge >= 0.3 is 0 Å². The molecule has 3 aromatic carbocycles. The van der Waals surface area contributed by atoms with Gasteiger partial charge in [-0.25, -0.2) is 9.37 Å². The van der Waals surface area contributed by atoms with Gasteiger partial charge in [0.1, 0.15) is 23.5 Å². The van der Waals surface area contributed by atoms with Crippen molar-refractivity contribution in [2.75, 3.05) is 11.9 Å². The fourth-order valence-corrected chi connectivity index (χ4v) is 4.25. The number of aromatic nitrogens is 2. The highest BCUT2D eigenvalue weighted by atomic mass is 19.1. The number of nitrogens with two attached hydrogens (primary N) is 1. The molecule has 198 valence electrons. The van der Waals surface area contributed by atoms with Crippen molar-refractivity contribution < 1.29 is 13.9 Å². The molecule has 4 rings (SSSR count). The van der Waals surface area contributed by atoms with E-state index in [4.69, 9.17) is 20.6 Å². The highest BCUT2D eigenvalue weighted by Crippen LogP contribution is 2.36. The summed E-state index contributed by atoms with van der Waals surface area (Å²) in [6, 6.07) is 15.9. The van der Waals surface area contributed by atoms with E-state index < -0.39 is 11.9 Å². The van der Waals surface area contributed by atoms with Crippen LogP contribution in [-0.2, 0) is 0 Å². The zero-order valence-corrected chi connectivity index (χ0v) is 22.4. The van der Waals surface area contributed by atoms with E-state index in [1.54, 1.807) is 42.6 Å². The van der Waals surface area contributed by atoms with Crippen LogP contribution in [0, 0.1) is 25.1 Å². The van der Waals surface area contributed by atoms with Crippen LogP contribution < -0.4 is 20.5 Å². The Morgan fingerprint density at radius 1 is 1.11 bits per heavy atom. The van der Waals surface area contributed by atoms with Crippen LogP contribution in [-0.4, -0.2) is 28.5 Å². The van der Waals surface area contributed by atoms with Gasteiger partial charge in [0.2, 0.25) is 0 Å². The van der Waals surface area contributed by atoms with Crippen molar-refractivity contribution in [3.05, 3.63) is 94.7 Å².